The Morgan fingerprint density at radius 2 is 2.11 bits per heavy atom. The Bertz CT molecular complexity index is 402. The average molecular weight is 270 g/mol. The predicted octanol–water partition coefficient (Wildman–Crippen LogP) is 2.18. The van der Waals surface area contributed by atoms with Crippen LogP contribution < -0.4 is 5.32 Å². The molecule has 0 spiro atoms. The minimum absolute atomic E-state index is 0.296. The van der Waals surface area contributed by atoms with Crippen LogP contribution in [0, 0.1) is 0 Å². The number of thioether (sulfide) groups is 1. The van der Waals surface area contributed by atoms with Crippen LogP contribution in [0.5, 0.6) is 0 Å². The number of hydrogen-bond acceptors (Lipinski definition) is 6. The third kappa shape index (κ3) is 4.87. The van der Waals surface area contributed by atoms with E-state index in [-0.39, 0.29) is 6.04 Å². The Hall–Kier alpha value is -1.37. The minimum atomic E-state index is -0.517. The molecule has 0 radical (unpaired) electrons. The van der Waals surface area contributed by atoms with E-state index in [1.54, 1.807) is 13.1 Å². The SMILES string of the molecule is CSc1ncc(C(C)NC(=O)OC(C)(C)C)nn1. The summed E-state index contributed by atoms with van der Waals surface area (Å²) in [5.41, 5.74) is 0.0786. The maximum Gasteiger partial charge on any atom is 0.408 e. The second-order valence-corrected chi connectivity index (χ2v) is 5.51. The first kappa shape index (κ1) is 14.7. The third-order valence-electron chi connectivity index (χ3n) is 1.92. The summed E-state index contributed by atoms with van der Waals surface area (Å²) in [7, 11) is 0. The number of nitrogens with zero attached hydrogens (tertiary/aromatic N) is 3. The Kier molecular flexibility index (Phi) is 4.89. The van der Waals surface area contributed by atoms with Gasteiger partial charge in [0.05, 0.1) is 12.2 Å². The molecule has 0 aromatic carbocycles. The molecule has 0 fully saturated rings. The summed E-state index contributed by atoms with van der Waals surface area (Å²) < 4.78 is 5.15. The Morgan fingerprint density at radius 3 is 2.56 bits per heavy atom. The summed E-state index contributed by atoms with van der Waals surface area (Å²) >= 11 is 1.41. The van der Waals surface area contributed by atoms with Crippen LogP contribution >= 0.6 is 11.8 Å². The molecule has 1 rings (SSSR count). The van der Waals surface area contributed by atoms with Crippen molar-refractivity contribution in [2.75, 3.05) is 6.26 Å². The van der Waals surface area contributed by atoms with Gasteiger partial charge in [-0.1, -0.05) is 11.8 Å². The van der Waals surface area contributed by atoms with Gasteiger partial charge in [0.2, 0.25) is 5.16 Å². The molecule has 0 saturated heterocycles. The molecule has 18 heavy (non-hydrogen) atoms. The van der Waals surface area contributed by atoms with Crippen LogP contribution in [0.25, 0.3) is 0 Å². The van der Waals surface area contributed by atoms with Crippen molar-refractivity contribution in [1.82, 2.24) is 20.5 Å². The molecule has 1 heterocycles. The quantitative estimate of drug-likeness (QED) is 0.848. The van der Waals surface area contributed by atoms with Gasteiger partial charge in [0.1, 0.15) is 11.3 Å². The zero-order valence-electron chi connectivity index (χ0n) is 11.2. The van der Waals surface area contributed by atoms with Crippen molar-refractivity contribution in [3.8, 4) is 0 Å². The lowest BCUT2D eigenvalue weighted by Crippen LogP contribution is -2.34. The Balaban J connectivity index is 2.59. The maximum atomic E-state index is 11.6. The molecule has 1 aromatic heterocycles. The number of alkyl carbamates (subject to hydrolysis) is 1. The van der Waals surface area contributed by atoms with Gasteiger partial charge in [-0.3, -0.25) is 0 Å². The summed E-state index contributed by atoms with van der Waals surface area (Å²) in [6.07, 6.45) is 2.99. The highest BCUT2D eigenvalue weighted by atomic mass is 32.2. The number of nitrogens with one attached hydrogen (secondary N) is 1. The van der Waals surface area contributed by atoms with E-state index >= 15 is 0 Å². The van der Waals surface area contributed by atoms with Crippen molar-refractivity contribution < 1.29 is 9.53 Å². The molecule has 1 N–H and O–H groups in total. The Labute approximate surface area is 111 Å². The van der Waals surface area contributed by atoms with E-state index in [9.17, 15) is 4.79 Å². The lowest BCUT2D eigenvalue weighted by molar-refractivity contribution is 0.0506. The van der Waals surface area contributed by atoms with Crippen LogP contribution in [0.4, 0.5) is 4.79 Å². The first-order chi connectivity index (χ1) is 8.31. The smallest absolute Gasteiger partial charge is 0.408 e. The van der Waals surface area contributed by atoms with E-state index < -0.39 is 11.7 Å². The van der Waals surface area contributed by atoms with Gasteiger partial charge >= 0.3 is 6.09 Å². The lowest BCUT2D eigenvalue weighted by atomic mass is 10.2. The van der Waals surface area contributed by atoms with Crippen LogP contribution in [0.1, 0.15) is 39.4 Å². The van der Waals surface area contributed by atoms with Crippen molar-refractivity contribution in [3.63, 3.8) is 0 Å². The van der Waals surface area contributed by atoms with Gasteiger partial charge in [-0.15, -0.1) is 10.2 Å². The van der Waals surface area contributed by atoms with Crippen molar-refractivity contribution in [3.05, 3.63) is 11.9 Å². The second-order valence-electron chi connectivity index (χ2n) is 4.74. The number of hydrogen-bond donors (Lipinski definition) is 1. The fourth-order valence-corrected chi connectivity index (χ4v) is 1.40. The van der Waals surface area contributed by atoms with Crippen LogP contribution in [0.2, 0.25) is 0 Å². The topological polar surface area (TPSA) is 77.0 Å². The van der Waals surface area contributed by atoms with Crippen molar-refractivity contribution >= 4 is 17.9 Å². The van der Waals surface area contributed by atoms with E-state index in [2.05, 4.69) is 20.5 Å². The summed E-state index contributed by atoms with van der Waals surface area (Å²) in [6, 6.07) is -0.296. The molecule has 6 nitrogen and oxygen atoms in total. The highest BCUT2D eigenvalue weighted by Crippen LogP contribution is 2.12. The van der Waals surface area contributed by atoms with Crippen molar-refractivity contribution in [2.45, 2.75) is 44.5 Å². The highest BCUT2D eigenvalue weighted by Gasteiger charge is 2.19. The van der Waals surface area contributed by atoms with Gasteiger partial charge in [-0.25, -0.2) is 9.78 Å². The molecule has 1 unspecified atom stereocenters. The van der Waals surface area contributed by atoms with Crippen LogP contribution in [0.15, 0.2) is 11.4 Å². The van der Waals surface area contributed by atoms with Crippen LogP contribution in [-0.4, -0.2) is 33.1 Å². The number of rotatable bonds is 3. The lowest BCUT2D eigenvalue weighted by Gasteiger charge is -2.21. The standard InChI is InChI=1S/C11H18N4O2S/c1-7(13-10(16)17-11(2,3)4)8-6-12-9(18-5)15-14-8/h6-7H,1-5H3,(H,13,16). The average Bonchev–Trinajstić information content (AvgIpc) is 2.26. The molecule has 100 valence electrons. The fourth-order valence-electron chi connectivity index (χ4n) is 1.12. The summed E-state index contributed by atoms with van der Waals surface area (Å²) in [4.78, 5) is 15.7. The van der Waals surface area contributed by atoms with E-state index in [1.165, 1.54) is 11.8 Å². The number of carbonyl (C=O) groups is 1. The molecule has 7 heteroatoms. The zero-order chi connectivity index (χ0) is 13.8. The van der Waals surface area contributed by atoms with Gasteiger partial charge in [0, 0.05) is 0 Å². The summed E-state index contributed by atoms with van der Waals surface area (Å²) in [6.45, 7) is 7.23. The predicted molar refractivity (Wildman–Crippen MR) is 69.4 cm³/mol. The number of ether oxygens (including phenoxy) is 1. The molecule has 0 saturated carbocycles. The maximum absolute atomic E-state index is 11.6. The van der Waals surface area contributed by atoms with Gasteiger partial charge in [-0.2, -0.15) is 0 Å². The third-order valence-corrected chi connectivity index (χ3v) is 2.47. The molecule has 0 aliphatic carbocycles. The summed E-state index contributed by atoms with van der Waals surface area (Å²) in [5, 5.41) is 11.2. The molecule has 0 aliphatic heterocycles. The van der Waals surface area contributed by atoms with E-state index in [0.717, 1.165) is 0 Å². The van der Waals surface area contributed by atoms with Crippen molar-refractivity contribution in [2.24, 2.45) is 0 Å². The van der Waals surface area contributed by atoms with Crippen molar-refractivity contribution in [1.29, 1.82) is 0 Å². The van der Waals surface area contributed by atoms with E-state index in [0.29, 0.717) is 10.9 Å². The number of amides is 1. The Morgan fingerprint density at radius 1 is 1.44 bits per heavy atom. The zero-order valence-corrected chi connectivity index (χ0v) is 12.0. The van der Waals surface area contributed by atoms with Gasteiger partial charge < -0.3 is 10.1 Å². The minimum Gasteiger partial charge on any atom is -0.444 e. The van der Waals surface area contributed by atoms with E-state index in [1.807, 2.05) is 27.0 Å². The monoisotopic (exact) mass is 270 g/mol. The molecular weight excluding hydrogens is 252 g/mol. The second kappa shape index (κ2) is 5.99. The van der Waals surface area contributed by atoms with Crippen LogP contribution in [-0.2, 0) is 4.74 Å². The van der Waals surface area contributed by atoms with Gasteiger partial charge in [0.25, 0.3) is 0 Å². The van der Waals surface area contributed by atoms with Gasteiger partial charge in [-0.05, 0) is 34.0 Å². The molecule has 0 aliphatic rings. The number of aromatic nitrogens is 3. The van der Waals surface area contributed by atoms with E-state index in [4.69, 9.17) is 4.74 Å². The van der Waals surface area contributed by atoms with Gasteiger partial charge in [0.15, 0.2) is 0 Å². The first-order valence-electron chi connectivity index (χ1n) is 5.55. The molecule has 1 aromatic rings. The molecule has 0 bridgehead atoms. The largest absolute Gasteiger partial charge is 0.444 e. The fraction of sp³-hybridized carbons (Fsp3) is 0.636. The highest BCUT2D eigenvalue weighted by molar-refractivity contribution is 7.98. The van der Waals surface area contributed by atoms with Crippen LogP contribution in [0.3, 0.4) is 0 Å². The first-order valence-corrected chi connectivity index (χ1v) is 6.77. The summed E-state index contributed by atoms with van der Waals surface area (Å²) in [5.74, 6) is 0. The molecular formula is C11H18N4O2S. The molecule has 1 amide bonds. The molecule has 1 atom stereocenters. The normalized spacial score (nSPS) is 12.9. The number of carbonyl (C=O) groups excluding carboxylic acids is 1.